The summed E-state index contributed by atoms with van der Waals surface area (Å²) in [5.41, 5.74) is 0. The van der Waals surface area contributed by atoms with Crippen LogP contribution in [-0.4, -0.2) is 171 Å². The minimum Gasteiger partial charge on any atom is -0.463 e. The first-order chi connectivity index (χ1) is 28.8. The minimum absolute atomic E-state index is 0.187. The van der Waals surface area contributed by atoms with E-state index in [0.29, 0.717) is 158 Å². The molecule has 0 aromatic rings. The molecule has 0 aliphatic rings. The third kappa shape index (κ3) is 53.0. The molecule has 14 nitrogen and oxygen atoms in total. The fourth-order valence-electron chi connectivity index (χ4n) is 5.41. The van der Waals surface area contributed by atoms with Gasteiger partial charge in [-0.05, 0) is 12.8 Å². The van der Waals surface area contributed by atoms with Gasteiger partial charge in [0.1, 0.15) is 6.61 Å². The molecule has 0 spiro atoms. The van der Waals surface area contributed by atoms with Crippen LogP contribution in [0, 0.1) is 0 Å². The molecule has 348 valence electrons. The number of carbonyl (C=O) groups is 1. The quantitative estimate of drug-likeness (QED) is 0.0459. The van der Waals surface area contributed by atoms with Crippen molar-refractivity contribution in [2.45, 2.75) is 117 Å². The van der Waals surface area contributed by atoms with E-state index in [1.54, 1.807) is 0 Å². The van der Waals surface area contributed by atoms with E-state index in [9.17, 15) is 4.79 Å². The molecule has 0 unspecified atom stereocenters. The Bertz CT molecular complexity index is 751. The van der Waals surface area contributed by atoms with Crippen molar-refractivity contribution < 1.29 is 66.4 Å². The molecule has 0 amide bonds. The lowest BCUT2D eigenvalue weighted by Crippen LogP contribution is -2.15. The summed E-state index contributed by atoms with van der Waals surface area (Å²) < 4.78 is 71.1. The Morgan fingerprint density at radius 3 is 0.690 bits per heavy atom. The molecule has 0 aromatic carbocycles. The summed E-state index contributed by atoms with van der Waals surface area (Å²) in [6.45, 7) is 17.1. The van der Waals surface area contributed by atoms with Crippen LogP contribution < -0.4 is 0 Å². The summed E-state index contributed by atoms with van der Waals surface area (Å²) in [5, 5.41) is 0. The third-order valence-corrected chi connectivity index (χ3v) is 8.68. The highest BCUT2D eigenvalue weighted by Gasteiger charge is 2.01. The maximum absolute atomic E-state index is 11.2. The van der Waals surface area contributed by atoms with Crippen LogP contribution in [0.2, 0.25) is 0 Å². The Morgan fingerprint density at radius 1 is 0.241 bits per heavy atom. The molecule has 0 bridgehead atoms. The lowest BCUT2D eigenvalue weighted by molar-refractivity contribution is -0.145. The van der Waals surface area contributed by atoms with Gasteiger partial charge in [0.15, 0.2) is 0 Å². The molecule has 0 aromatic heterocycles. The zero-order valence-corrected chi connectivity index (χ0v) is 37.2. The second-order valence-electron chi connectivity index (χ2n) is 13.9. The average molecular weight is 841 g/mol. The number of rotatable bonds is 53. The molecule has 0 aliphatic heterocycles. The monoisotopic (exact) mass is 841 g/mol. The second kappa shape index (κ2) is 54.0. The van der Waals surface area contributed by atoms with Crippen molar-refractivity contribution in [1.82, 2.24) is 0 Å². The van der Waals surface area contributed by atoms with Gasteiger partial charge in [-0.25, -0.2) is 0 Å². The summed E-state index contributed by atoms with van der Waals surface area (Å²) in [6.07, 6.45) is 20.4. The highest BCUT2D eigenvalue weighted by Crippen LogP contribution is 2.13. The second-order valence-corrected chi connectivity index (χ2v) is 13.9. The van der Waals surface area contributed by atoms with Gasteiger partial charge in [0.25, 0.3) is 0 Å². The molecule has 0 radical (unpaired) electrons. The molecular weight excluding hydrogens is 752 g/mol. The predicted molar refractivity (Wildman–Crippen MR) is 226 cm³/mol. The summed E-state index contributed by atoms with van der Waals surface area (Å²) in [6, 6.07) is 0. The van der Waals surface area contributed by atoms with E-state index in [0.717, 1.165) is 19.4 Å². The first-order valence-electron chi connectivity index (χ1n) is 22.9. The molecular formula is C44H88O14. The molecule has 0 saturated carbocycles. The van der Waals surface area contributed by atoms with E-state index < -0.39 is 0 Å². The van der Waals surface area contributed by atoms with Crippen LogP contribution in [0.4, 0.5) is 0 Å². The van der Waals surface area contributed by atoms with Crippen LogP contribution in [0.3, 0.4) is 0 Å². The number of hydrogen-bond donors (Lipinski definition) is 0. The molecule has 0 saturated heterocycles. The van der Waals surface area contributed by atoms with Crippen molar-refractivity contribution in [2.75, 3.05) is 165 Å². The molecule has 0 heterocycles. The van der Waals surface area contributed by atoms with Crippen LogP contribution in [-0.2, 0) is 66.4 Å². The molecule has 58 heavy (non-hydrogen) atoms. The highest BCUT2D eigenvalue weighted by molar-refractivity contribution is 5.69. The van der Waals surface area contributed by atoms with E-state index in [2.05, 4.69) is 6.92 Å². The molecule has 0 atom stereocenters. The van der Waals surface area contributed by atoms with Crippen LogP contribution >= 0.6 is 0 Å². The molecule has 0 rings (SSSR count). The summed E-state index contributed by atoms with van der Waals surface area (Å²) in [4.78, 5) is 11.2. The Hall–Kier alpha value is -1.01. The van der Waals surface area contributed by atoms with E-state index >= 15 is 0 Å². The standard InChI is InChI=1S/C44H88O14/c1-3-5-6-7-8-9-10-11-12-13-14-15-16-17-19-46-20-21-47-22-23-48-24-25-49-26-27-50-28-29-51-30-31-52-32-33-53-34-35-54-36-37-55-38-39-56-40-41-57-42-43-58-44(45)18-4-2/h3-43H2,1-2H3. The molecule has 0 aliphatic carbocycles. The predicted octanol–water partition coefficient (Wildman–Crippen LogP) is 7.01. The van der Waals surface area contributed by atoms with Crippen LogP contribution in [0.1, 0.15) is 117 Å². The van der Waals surface area contributed by atoms with Crippen molar-refractivity contribution in [3.8, 4) is 0 Å². The lowest BCUT2D eigenvalue weighted by atomic mass is 10.0. The van der Waals surface area contributed by atoms with Crippen LogP contribution in [0.15, 0.2) is 0 Å². The lowest BCUT2D eigenvalue weighted by Gasteiger charge is -2.09. The molecule has 0 fully saturated rings. The van der Waals surface area contributed by atoms with Gasteiger partial charge in [-0.15, -0.1) is 0 Å². The first-order valence-corrected chi connectivity index (χ1v) is 22.9. The van der Waals surface area contributed by atoms with Gasteiger partial charge in [0.05, 0.1) is 152 Å². The highest BCUT2D eigenvalue weighted by atomic mass is 16.6. The number of ether oxygens (including phenoxy) is 13. The maximum atomic E-state index is 11.2. The van der Waals surface area contributed by atoms with E-state index in [1.807, 2.05) is 6.92 Å². The largest absolute Gasteiger partial charge is 0.463 e. The van der Waals surface area contributed by atoms with Gasteiger partial charge >= 0.3 is 5.97 Å². The summed E-state index contributed by atoms with van der Waals surface area (Å²) in [5.74, 6) is -0.187. The van der Waals surface area contributed by atoms with Gasteiger partial charge in [-0.2, -0.15) is 0 Å². The number of hydrogen-bond acceptors (Lipinski definition) is 14. The van der Waals surface area contributed by atoms with E-state index in [-0.39, 0.29) is 12.6 Å². The molecule has 0 N–H and O–H groups in total. The van der Waals surface area contributed by atoms with Crippen molar-refractivity contribution in [3.63, 3.8) is 0 Å². The van der Waals surface area contributed by atoms with Crippen molar-refractivity contribution in [1.29, 1.82) is 0 Å². The average Bonchev–Trinajstić information content (AvgIpc) is 3.23. The minimum atomic E-state index is -0.187. The van der Waals surface area contributed by atoms with Gasteiger partial charge < -0.3 is 61.6 Å². The van der Waals surface area contributed by atoms with Crippen molar-refractivity contribution >= 4 is 5.97 Å². The third-order valence-electron chi connectivity index (χ3n) is 8.68. The smallest absolute Gasteiger partial charge is 0.305 e. The normalized spacial score (nSPS) is 11.6. The van der Waals surface area contributed by atoms with Gasteiger partial charge in [0.2, 0.25) is 0 Å². The summed E-state index contributed by atoms with van der Waals surface area (Å²) in [7, 11) is 0. The Morgan fingerprint density at radius 2 is 0.448 bits per heavy atom. The SMILES string of the molecule is CCCCCCCCCCCCCCCCOCCOCCOCCOCCOCCOCCOCCOCCOCCOCCOCCOCCOC(=O)CCC. The fraction of sp³-hybridized carbons (Fsp3) is 0.977. The zero-order valence-electron chi connectivity index (χ0n) is 37.2. The Labute approximate surface area is 353 Å². The van der Waals surface area contributed by atoms with Crippen molar-refractivity contribution in [3.05, 3.63) is 0 Å². The Balaban J connectivity index is 3.07. The van der Waals surface area contributed by atoms with Gasteiger partial charge in [-0.3, -0.25) is 4.79 Å². The number of carbonyl (C=O) groups excluding carboxylic acids is 1. The van der Waals surface area contributed by atoms with E-state index in [1.165, 1.54) is 83.5 Å². The number of esters is 1. The van der Waals surface area contributed by atoms with Crippen LogP contribution in [0.25, 0.3) is 0 Å². The van der Waals surface area contributed by atoms with Crippen LogP contribution in [0.5, 0.6) is 0 Å². The van der Waals surface area contributed by atoms with Crippen molar-refractivity contribution in [2.24, 2.45) is 0 Å². The van der Waals surface area contributed by atoms with E-state index in [4.69, 9.17) is 61.6 Å². The fourth-order valence-corrected chi connectivity index (χ4v) is 5.41. The maximum Gasteiger partial charge on any atom is 0.305 e. The zero-order chi connectivity index (χ0) is 41.8. The van der Waals surface area contributed by atoms with Gasteiger partial charge in [-0.1, -0.05) is 97.3 Å². The van der Waals surface area contributed by atoms with Gasteiger partial charge in [0, 0.05) is 13.0 Å². The Kier molecular flexibility index (Phi) is 53.1. The first kappa shape index (κ1) is 57.0. The summed E-state index contributed by atoms with van der Waals surface area (Å²) >= 11 is 0. The number of unbranched alkanes of at least 4 members (excludes halogenated alkanes) is 13. The topological polar surface area (TPSA) is 137 Å². The molecule has 14 heteroatoms.